The molecule has 0 unspecified atom stereocenters. The topological polar surface area (TPSA) is 84.7 Å². The van der Waals surface area contributed by atoms with Crippen molar-refractivity contribution in [2.24, 2.45) is 0 Å². The van der Waals surface area contributed by atoms with Gasteiger partial charge in [-0.1, -0.05) is 43.3 Å². The van der Waals surface area contributed by atoms with Crippen LogP contribution in [-0.4, -0.2) is 64.8 Å². The van der Waals surface area contributed by atoms with E-state index in [1.807, 2.05) is 62.6 Å². The number of ketones is 1. The first-order valence-corrected chi connectivity index (χ1v) is 11.9. The highest BCUT2D eigenvalue weighted by atomic mass is 16.5. The Bertz CT molecular complexity index is 1270. The van der Waals surface area contributed by atoms with Crippen molar-refractivity contribution in [3.63, 3.8) is 0 Å². The molecule has 8 heteroatoms. The molecule has 1 aliphatic heterocycles. The molecule has 1 atom stereocenters. The van der Waals surface area contributed by atoms with Gasteiger partial charge < -0.3 is 15.0 Å². The lowest BCUT2D eigenvalue weighted by Crippen LogP contribution is -2.42. The summed E-state index contributed by atoms with van der Waals surface area (Å²) in [6, 6.07) is 14.1. The van der Waals surface area contributed by atoms with Gasteiger partial charge in [-0.3, -0.25) is 9.78 Å². The fraction of sp³-hybridized carbons (Fsp3) is 0.333. The number of fused-ring (bicyclic) bond motifs is 1. The Labute approximate surface area is 206 Å². The normalized spacial score (nSPS) is 15.5. The van der Waals surface area contributed by atoms with E-state index < -0.39 is 0 Å². The van der Waals surface area contributed by atoms with Crippen molar-refractivity contribution in [3.05, 3.63) is 66.6 Å². The molecular weight excluding hydrogens is 440 g/mol. The van der Waals surface area contributed by atoms with Crippen LogP contribution in [0.25, 0.3) is 28.0 Å². The lowest BCUT2D eigenvalue weighted by molar-refractivity contribution is 0.0528. The third-order valence-electron chi connectivity index (χ3n) is 5.89. The SMILES string of the molecule is CC(=O)c1cn2ncc(-c3ccc(-c4ccccc4)nc3)c2nc1N1CCO[C@@H](C)C1.CCNC. The number of anilines is 1. The summed E-state index contributed by atoms with van der Waals surface area (Å²) >= 11 is 0. The quantitative estimate of drug-likeness (QED) is 0.438. The molecule has 0 saturated carbocycles. The fourth-order valence-electron chi connectivity index (χ4n) is 3.94. The number of rotatable bonds is 5. The number of Topliss-reactive ketones (excluding diaryl/α,β-unsaturated/α-hetero) is 1. The first-order chi connectivity index (χ1) is 17.0. The first-order valence-electron chi connectivity index (χ1n) is 11.9. The Morgan fingerprint density at radius 3 is 2.54 bits per heavy atom. The monoisotopic (exact) mass is 472 g/mol. The summed E-state index contributed by atoms with van der Waals surface area (Å²) in [4.78, 5) is 24.0. The number of aromatic nitrogens is 4. The fourth-order valence-corrected chi connectivity index (χ4v) is 3.94. The van der Waals surface area contributed by atoms with Crippen molar-refractivity contribution in [2.75, 3.05) is 38.2 Å². The van der Waals surface area contributed by atoms with Crippen LogP contribution in [0.5, 0.6) is 0 Å². The second-order valence-electron chi connectivity index (χ2n) is 8.49. The predicted molar refractivity (Wildman–Crippen MR) is 139 cm³/mol. The maximum atomic E-state index is 12.3. The average Bonchev–Trinajstić information content (AvgIpc) is 3.32. The second-order valence-corrected chi connectivity index (χ2v) is 8.49. The molecule has 8 nitrogen and oxygen atoms in total. The third kappa shape index (κ3) is 5.55. The van der Waals surface area contributed by atoms with E-state index in [2.05, 4.69) is 27.2 Å². The van der Waals surface area contributed by atoms with Crippen LogP contribution < -0.4 is 10.2 Å². The largest absolute Gasteiger partial charge is 0.375 e. The lowest BCUT2D eigenvalue weighted by Gasteiger charge is -2.33. The molecule has 4 aromatic rings. The van der Waals surface area contributed by atoms with Gasteiger partial charge in [0.2, 0.25) is 0 Å². The number of morpholine rings is 1. The van der Waals surface area contributed by atoms with E-state index in [0.29, 0.717) is 36.7 Å². The van der Waals surface area contributed by atoms with Gasteiger partial charge in [0, 0.05) is 42.2 Å². The maximum absolute atomic E-state index is 12.3. The molecule has 182 valence electrons. The summed E-state index contributed by atoms with van der Waals surface area (Å²) in [6.45, 7) is 8.74. The van der Waals surface area contributed by atoms with Gasteiger partial charge in [-0.05, 0) is 33.5 Å². The zero-order valence-corrected chi connectivity index (χ0v) is 20.7. The smallest absolute Gasteiger partial charge is 0.165 e. The average molecular weight is 473 g/mol. The highest BCUT2D eigenvalue weighted by Crippen LogP contribution is 2.29. The van der Waals surface area contributed by atoms with E-state index in [-0.39, 0.29) is 11.9 Å². The number of carbonyl (C=O) groups is 1. The van der Waals surface area contributed by atoms with Crippen LogP contribution in [0, 0.1) is 0 Å². The van der Waals surface area contributed by atoms with Gasteiger partial charge in [0.25, 0.3) is 0 Å². The van der Waals surface area contributed by atoms with Crippen molar-refractivity contribution in [3.8, 4) is 22.4 Å². The van der Waals surface area contributed by atoms with Crippen molar-refractivity contribution < 1.29 is 9.53 Å². The predicted octanol–water partition coefficient (Wildman–Crippen LogP) is 4.11. The molecule has 0 aliphatic carbocycles. The van der Waals surface area contributed by atoms with Crippen molar-refractivity contribution in [1.82, 2.24) is 24.9 Å². The summed E-state index contributed by atoms with van der Waals surface area (Å²) in [6.07, 6.45) is 5.48. The maximum Gasteiger partial charge on any atom is 0.165 e. The number of carbonyl (C=O) groups excluding carboxylic acids is 1. The Balaban J connectivity index is 0.000000672. The van der Waals surface area contributed by atoms with Crippen molar-refractivity contribution >= 4 is 17.2 Å². The van der Waals surface area contributed by atoms with Crippen LogP contribution in [0.4, 0.5) is 5.82 Å². The minimum atomic E-state index is -0.0329. The van der Waals surface area contributed by atoms with Crippen LogP contribution in [0.15, 0.2) is 61.1 Å². The van der Waals surface area contributed by atoms with E-state index in [1.165, 1.54) is 0 Å². The number of ether oxygens (including phenoxy) is 1. The van der Waals surface area contributed by atoms with Gasteiger partial charge in [-0.25, -0.2) is 9.50 Å². The minimum Gasteiger partial charge on any atom is -0.375 e. The van der Waals surface area contributed by atoms with Crippen LogP contribution in [-0.2, 0) is 4.74 Å². The van der Waals surface area contributed by atoms with Gasteiger partial charge in [-0.15, -0.1) is 0 Å². The molecule has 1 fully saturated rings. The van der Waals surface area contributed by atoms with Crippen LogP contribution in [0.2, 0.25) is 0 Å². The highest BCUT2D eigenvalue weighted by molar-refractivity contribution is 5.99. The Kier molecular flexibility index (Phi) is 7.84. The van der Waals surface area contributed by atoms with Gasteiger partial charge in [0.1, 0.15) is 5.82 Å². The molecule has 0 amide bonds. The minimum absolute atomic E-state index is 0.0329. The van der Waals surface area contributed by atoms with Crippen LogP contribution in [0.1, 0.15) is 31.1 Å². The number of nitrogens with zero attached hydrogens (tertiary/aromatic N) is 5. The van der Waals surface area contributed by atoms with E-state index >= 15 is 0 Å². The second kappa shape index (κ2) is 11.2. The number of hydrogen-bond acceptors (Lipinski definition) is 7. The molecule has 4 heterocycles. The molecule has 0 bridgehead atoms. The standard InChI is InChI=1S/C24H23N5O2.C3H9N/c1-16-14-28(10-11-31-16)23-21(17(2)30)15-29-24(27-23)20(13-26-29)19-8-9-22(25-12-19)18-6-4-3-5-7-18;1-3-4-2/h3-9,12-13,15-16H,10-11,14H2,1-2H3;4H,3H2,1-2H3/t16-;/m0./s1. The molecule has 1 aromatic carbocycles. The molecule has 1 aliphatic rings. The Morgan fingerprint density at radius 2 is 1.91 bits per heavy atom. The van der Waals surface area contributed by atoms with Gasteiger partial charge in [0.05, 0.1) is 30.2 Å². The molecule has 35 heavy (non-hydrogen) atoms. The molecule has 1 N–H and O–H groups in total. The molecule has 0 radical (unpaired) electrons. The van der Waals surface area contributed by atoms with Crippen LogP contribution >= 0.6 is 0 Å². The van der Waals surface area contributed by atoms with Gasteiger partial charge in [-0.2, -0.15) is 5.10 Å². The zero-order chi connectivity index (χ0) is 24.8. The lowest BCUT2D eigenvalue weighted by atomic mass is 10.1. The number of pyridine rings is 1. The zero-order valence-electron chi connectivity index (χ0n) is 20.7. The molecule has 0 spiro atoms. The molecule has 5 rings (SSSR count). The Morgan fingerprint density at radius 1 is 1.14 bits per heavy atom. The van der Waals surface area contributed by atoms with Gasteiger partial charge >= 0.3 is 0 Å². The van der Waals surface area contributed by atoms with Crippen molar-refractivity contribution in [1.29, 1.82) is 0 Å². The number of nitrogens with one attached hydrogen (secondary N) is 1. The van der Waals surface area contributed by atoms with E-state index in [4.69, 9.17) is 9.72 Å². The summed E-state index contributed by atoms with van der Waals surface area (Å²) in [5.74, 6) is 0.653. The first kappa shape index (κ1) is 24.5. The summed E-state index contributed by atoms with van der Waals surface area (Å²) < 4.78 is 7.33. The van der Waals surface area contributed by atoms with Crippen molar-refractivity contribution in [2.45, 2.75) is 26.9 Å². The van der Waals surface area contributed by atoms with Gasteiger partial charge in [0.15, 0.2) is 11.4 Å². The number of hydrogen-bond donors (Lipinski definition) is 1. The van der Waals surface area contributed by atoms with Crippen LogP contribution in [0.3, 0.4) is 0 Å². The summed E-state index contributed by atoms with van der Waals surface area (Å²) in [5.41, 5.74) is 5.06. The summed E-state index contributed by atoms with van der Waals surface area (Å²) in [7, 11) is 1.93. The number of benzene rings is 1. The summed E-state index contributed by atoms with van der Waals surface area (Å²) in [5, 5.41) is 7.38. The van der Waals surface area contributed by atoms with E-state index in [0.717, 1.165) is 28.9 Å². The molecule has 1 saturated heterocycles. The van der Waals surface area contributed by atoms with E-state index in [1.54, 1.807) is 23.8 Å². The molecular formula is C27H32N6O2. The highest BCUT2D eigenvalue weighted by Gasteiger charge is 2.24. The molecule has 3 aromatic heterocycles. The van der Waals surface area contributed by atoms with E-state index in [9.17, 15) is 4.79 Å². The Hall–Kier alpha value is -3.62. The third-order valence-corrected chi connectivity index (χ3v) is 5.89.